The second-order valence-corrected chi connectivity index (χ2v) is 1.53. The average Bonchev–Trinajstić information content (AvgIpc) is 1.94. The quantitative estimate of drug-likeness (QED) is 0.541. The Morgan fingerprint density at radius 1 is 1.40 bits per heavy atom. The highest BCUT2D eigenvalue weighted by Gasteiger charge is 2.03. The third-order valence-electron chi connectivity index (χ3n) is 0.873. The van der Waals surface area contributed by atoms with Crippen molar-refractivity contribution in [1.29, 1.82) is 0 Å². The molecular formula is C5H2F2N2O. The van der Waals surface area contributed by atoms with Gasteiger partial charge >= 0.3 is 0 Å². The lowest BCUT2D eigenvalue weighted by molar-refractivity contribution is 0.111. The Balaban J connectivity index is 3.21. The number of hydrogen-bond donors (Lipinski definition) is 0. The first kappa shape index (κ1) is 6.73. The van der Waals surface area contributed by atoms with Gasteiger partial charge in [-0.25, -0.2) is 0 Å². The Hall–Kier alpha value is -1.39. The summed E-state index contributed by atoms with van der Waals surface area (Å²) in [5.41, 5.74) is -0.424. The second kappa shape index (κ2) is 2.47. The number of rotatable bonds is 1. The molecule has 0 aliphatic carbocycles. The molecule has 5 heteroatoms. The molecule has 0 amide bonds. The van der Waals surface area contributed by atoms with Crippen LogP contribution >= 0.6 is 0 Å². The van der Waals surface area contributed by atoms with E-state index < -0.39 is 17.5 Å². The van der Waals surface area contributed by atoms with Crippen molar-refractivity contribution in [2.24, 2.45) is 0 Å². The number of nitrogens with zero attached hydrogens (tertiary/aromatic N) is 2. The van der Waals surface area contributed by atoms with Gasteiger partial charge in [0.1, 0.15) is 0 Å². The number of carbonyl (C=O) groups excluding carboxylic acids is 1. The van der Waals surface area contributed by atoms with Gasteiger partial charge < -0.3 is 0 Å². The van der Waals surface area contributed by atoms with Gasteiger partial charge in [0.05, 0.1) is 5.56 Å². The van der Waals surface area contributed by atoms with Crippen LogP contribution in [-0.4, -0.2) is 16.5 Å². The molecule has 52 valence electrons. The Bertz CT molecular complexity index is 264. The van der Waals surface area contributed by atoms with E-state index in [1.807, 2.05) is 0 Å². The minimum Gasteiger partial charge on any atom is -0.298 e. The van der Waals surface area contributed by atoms with Crippen LogP contribution in [0.5, 0.6) is 0 Å². The van der Waals surface area contributed by atoms with Gasteiger partial charge in [0, 0.05) is 6.07 Å². The van der Waals surface area contributed by atoms with Crippen molar-refractivity contribution in [3.8, 4) is 0 Å². The van der Waals surface area contributed by atoms with Crippen LogP contribution in [0.4, 0.5) is 8.78 Å². The largest absolute Gasteiger partial charge is 0.298 e. The maximum atomic E-state index is 12.2. The molecule has 0 aliphatic heterocycles. The summed E-state index contributed by atoms with van der Waals surface area (Å²) in [6, 6.07) is 0.676. The first-order valence-corrected chi connectivity index (χ1v) is 2.38. The summed E-state index contributed by atoms with van der Waals surface area (Å²) in [4.78, 5) is 9.91. The van der Waals surface area contributed by atoms with Crippen LogP contribution in [0.1, 0.15) is 10.4 Å². The molecule has 1 heterocycles. The van der Waals surface area contributed by atoms with Crippen molar-refractivity contribution >= 4 is 6.29 Å². The number of carbonyl (C=O) groups is 1. The predicted octanol–water partition coefficient (Wildman–Crippen LogP) is 0.567. The van der Waals surface area contributed by atoms with Crippen LogP contribution in [0.2, 0.25) is 0 Å². The van der Waals surface area contributed by atoms with Crippen LogP contribution in [0.3, 0.4) is 0 Å². The van der Waals surface area contributed by atoms with Gasteiger partial charge in [-0.15, -0.1) is 10.2 Å². The van der Waals surface area contributed by atoms with E-state index in [0.717, 1.165) is 0 Å². The van der Waals surface area contributed by atoms with Crippen LogP contribution in [0.25, 0.3) is 0 Å². The average molecular weight is 144 g/mol. The molecule has 1 rings (SSSR count). The van der Waals surface area contributed by atoms with Gasteiger partial charge in [-0.2, -0.15) is 8.78 Å². The normalized spacial score (nSPS) is 9.40. The summed E-state index contributed by atoms with van der Waals surface area (Å²) in [6.45, 7) is 0. The Morgan fingerprint density at radius 3 is 2.60 bits per heavy atom. The summed E-state index contributed by atoms with van der Waals surface area (Å²) >= 11 is 0. The lowest BCUT2D eigenvalue weighted by Crippen LogP contribution is -1.97. The lowest BCUT2D eigenvalue weighted by Gasteiger charge is -1.89. The number of hydrogen-bond acceptors (Lipinski definition) is 3. The minimum atomic E-state index is -1.06. The first-order valence-electron chi connectivity index (χ1n) is 2.38. The summed E-state index contributed by atoms with van der Waals surface area (Å²) in [6.07, 6.45) is 0.174. The highest BCUT2D eigenvalue weighted by Crippen LogP contribution is 1.99. The van der Waals surface area contributed by atoms with E-state index in [4.69, 9.17) is 0 Å². The topological polar surface area (TPSA) is 42.9 Å². The maximum absolute atomic E-state index is 12.2. The SMILES string of the molecule is O=Cc1cc(F)nnc1F. The lowest BCUT2D eigenvalue weighted by atomic mass is 10.3. The summed E-state index contributed by atoms with van der Waals surface area (Å²) in [5.74, 6) is -2.03. The van der Waals surface area contributed by atoms with E-state index >= 15 is 0 Å². The fourth-order valence-corrected chi connectivity index (χ4v) is 0.449. The van der Waals surface area contributed by atoms with Crippen molar-refractivity contribution < 1.29 is 13.6 Å². The molecule has 0 saturated carbocycles. The summed E-state index contributed by atoms with van der Waals surface area (Å²) in [5, 5.41) is 5.46. The second-order valence-electron chi connectivity index (χ2n) is 1.53. The molecule has 0 radical (unpaired) electrons. The standard InChI is InChI=1S/C5H2F2N2O/c6-4-1-3(2-10)5(7)9-8-4/h1-2H. The third kappa shape index (κ3) is 1.12. The van der Waals surface area contributed by atoms with E-state index in [0.29, 0.717) is 6.07 Å². The molecule has 0 saturated heterocycles. The number of halogens is 2. The van der Waals surface area contributed by atoms with Gasteiger partial charge in [-0.1, -0.05) is 0 Å². The van der Waals surface area contributed by atoms with Crippen LogP contribution in [-0.2, 0) is 0 Å². The van der Waals surface area contributed by atoms with E-state index in [-0.39, 0.29) is 6.29 Å². The molecule has 1 aromatic heterocycles. The zero-order valence-electron chi connectivity index (χ0n) is 4.71. The van der Waals surface area contributed by atoms with E-state index in [2.05, 4.69) is 10.2 Å². The molecule has 0 aliphatic rings. The van der Waals surface area contributed by atoms with Gasteiger partial charge in [0.2, 0.25) is 11.9 Å². The van der Waals surface area contributed by atoms with Crippen molar-refractivity contribution in [2.75, 3.05) is 0 Å². The van der Waals surface area contributed by atoms with E-state index in [1.165, 1.54) is 0 Å². The molecule has 3 nitrogen and oxygen atoms in total. The fraction of sp³-hybridized carbons (Fsp3) is 0. The van der Waals surface area contributed by atoms with Gasteiger partial charge in [0.15, 0.2) is 6.29 Å². The van der Waals surface area contributed by atoms with Crippen molar-refractivity contribution in [1.82, 2.24) is 10.2 Å². The predicted molar refractivity (Wildman–Crippen MR) is 27.3 cm³/mol. The molecule has 0 unspecified atom stereocenters. The molecule has 0 aromatic carbocycles. The highest BCUT2D eigenvalue weighted by atomic mass is 19.1. The zero-order valence-corrected chi connectivity index (χ0v) is 4.71. The third-order valence-corrected chi connectivity index (χ3v) is 0.873. The van der Waals surface area contributed by atoms with E-state index in [1.54, 1.807) is 0 Å². The number of aromatic nitrogens is 2. The fourth-order valence-electron chi connectivity index (χ4n) is 0.449. The monoisotopic (exact) mass is 144 g/mol. The Morgan fingerprint density at radius 2 is 2.10 bits per heavy atom. The maximum Gasteiger partial charge on any atom is 0.243 e. The highest BCUT2D eigenvalue weighted by molar-refractivity contribution is 5.74. The van der Waals surface area contributed by atoms with Crippen LogP contribution in [0, 0.1) is 11.9 Å². The van der Waals surface area contributed by atoms with Crippen molar-refractivity contribution in [3.63, 3.8) is 0 Å². The molecular weight excluding hydrogens is 142 g/mol. The van der Waals surface area contributed by atoms with Crippen LogP contribution < -0.4 is 0 Å². The van der Waals surface area contributed by atoms with Crippen molar-refractivity contribution in [3.05, 3.63) is 23.5 Å². The van der Waals surface area contributed by atoms with Crippen molar-refractivity contribution in [2.45, 2.75) is 0 Å². The smallest absolute Gasteiger partial charge is 0.243 e. The Kier molecular flexibility index (Phi) is 1.66. The zero-order chi connectivity index (χ0) is 7.56. The minimum absolute atomic E-state index is 0.174. The van der Waals surface area contributed by atoms with Gasteiger partial charge in [-0.3, -0.25) is 4.79 Å². The summed E-state index contributed by atoms with van der Waals surface area (Å²) < 4.78 is 24.2. The Labute approximate surface area is 54.7 Å². The molecule has 0 atom stereocenters. The molecule has 1 aromatic rings. The molecule has 10 heavy (non-hydrogen) atoms. The molecule has 0 N–H and O–H groups in total. The van der Waals surface area contributed by atoms with Gasteiger partial charge in [0.25, 0.3) is 0 Å². The van der Waals surface area contributed by atoms with Crippen LogP contribution in [0.15, 0.2) is 6.07 Å². The number of aldehydes is 1. The first-order chi connectivity index (χ1) is 4.74. The summed E-state index contributed by atoms with van der Waals surface area (Å²) in [7, 11) is 0. The van der Waals surface area contributed by atoms with Gasteiger partial charge in [-0.05, 0) is 0 Å². The molecule has 0 bridgehead atoms. The molecule has 0 spiro atoms. The molecule has 0 fully saturated rings. The van der Waals surface area contributed by atoms with E-state index in [9.17, 15) is 13.6 Å².